The second kappa shape index (κ2) is 8.39. The van der Waals surface area contributed by atoms with Crippen molar-refractivity contribution in [3.63, 3.8) is 0 Å². The minimum Gasteiger partial charge on any atom is -0.338 e. The van der Waals surface area contributed by atoms with Crippen molar-refractivity contribution in [2.24, 2.45) is 5.92 Å². The third-order valence-electron chi connectivity index (χ3n) is 4.05. The molecular formula is C17H26ClN3O. The first-order valence-electron chi connectivity index (χ1n) is 7.97. The maximum absolute atomic E-state index is 12.1. The van der Waals surface area contributed by atoms with E-state index < -0.39 is 0 Å². The lowest BCUT2D eigenvalue weighted by atomic mass is 10.1. The highest BCUT2D eigenvalue weighted by molar-refractivity contribution is 6.31. The zero-order chi connectivity index (χ0) is 15.9. The molecule has 1 unspecified atom stereocenters. The standard InChI is InChI=1S/C17H26ClN3O/c1-20(2)12-14-9-11-21(13-14)17(22)19-10-5-7-15-6-3-4-8-16(15)18/h3-4,6,8,14H,5,7,9-13H2,1-2H3,(H,19,22). The van der Waals surface area contributed by atoms with E-state index in [0.717, 1.165) is 49.5 Å². The van der Waals surface area contributed by atoms with Crippen molar-refractivity contribution in [3.8, 4) is 0 Å². The summed E-state index contributed by atoms with van der Waals surface area (Å²) in [4.78, 5) is 16.3. The summed E-state index contributed by atoms with van der Waals surface area (Å²) in [7, 11) is 4.16. The zero-order valence-electron chi connectivity index (χ0n) is 13.5. The monoisotopic (exact) mass is 323 g/mol. The number of amides is 2. The lowest BCUT2D eigenvalue weighted by Crippen LogP contribution is -2.39. The predicted molar refractivity (Wildman–Crippen MR) is 91.4 cm³/mol. The average Bonchev–Trinajstić information content (AvgIpc) is 2.93. The number of carbonyl (C=O) groups is 1. The fourth-order valence-electron chi connectivity index (χ4n) is 2.97. The Morgan fingerprint density at radius 2 is 2.18 bits per heavy atom. The number of likely N-dealkylation sites (tertiary alicyclic amines) is 1. The highest BCUT2D eigenvalue weighted by Gasteiger charge is 2.26. The van der Waals surface area contributed by atoms with Gasteiger partial charge in [-0.2, -0.15) is 0 Å². The highest BCUT2D eigenvalue weighted by Crippen LogP contribution is 2.17. The van der Waals surface area contributed by atoms with Crippen LogP contribution in [-0.2, 0) is 6.42 Å². The molecular weight excluding hydrogens is 298 g/mol. The molecule has 1 aliphatic heterocycles. The normalized spacial score (nSPS) is 18.0. The number of hydrogen-bond acceptors (Lipinski definition) is 2. The number of hydrogen-bond donors (Lipinski definition) is 1. The van der Waals surface area contributed by atoms with Gasteiger partial charge < -0.3 is 15.1 Å². The fourth-order valence-corrected chi connectivity index (χ4v) is 3.20. The lowest BCUT2D eigenvalue weighted by molar-refractivity contribution is 0.205. The summed E-state index contributed by atoms with van der Waals surface area (Å²) >= 11 is 6.13. The van der Waals surface area contributed by atoms with Crippen molar-refractivity contribution in [1.82, 2.24) is 15.1 Å². The van der Waals surface area contributed by atoms with Crippen LogP contribution in [0.5, 0.6) is 0 Å². The van der Waals surface area contributed by atoms with Gasteiger partial charge in [0.05, 0.1) is 0 Å². The zero-order valence-corrected chi connectivity index (χ0v) is 14.3. The molecule has 5 heteroatoms. The van der Waals surface area contributed by atoms with Crippen molar-refractivity contribution in [3.05, 3.63) is 34.9 Å². The van der Waals surface area contributed by atoms with Gasteiger partial charge in [-0.15, -0.1) is 0 Å². The maximum atomic E-state index is 12.1. The molecule has 2 amide bonds. The summed E-state index contributed by atoms with van der Waals surface area (Å²) in [5.41, 5.74) is 1.14. The fraction of sp³-hybridized carbons (Fsp3) is 0.588. The largest absolute Gasteiger partial charge is 0.338 e. The van der Waals surface area contributed by atoms with Crippen LogP contribution < -0.4 is 5.32 Å². The van der Waals surface area contributed by atoms with Crippen molar-refractivity contribution in [2.75, 3.05) is 40.3 Å². The molecule has 0 saturated carbocycles. The van der Waals surface area contributed by atoms with Crippen LogP contribution in [0.3, 0.4) is 0 Å². The van der Waals surface area contributed by atoms with Gasteiger partial charge in [0, 0.05) is 31.2 Å². The average molecular weight is 324 g/mol. The molecule has 0 bridgehead atoms. The molecule has 1 fully saturated rings. The summed E-state index contributed by atoms with van der Waals surface area (Å²) < 4.78 is 0. The van der Waals surface area contributed by atoms with Crippen molar-refractivity contribution in [2.45, 2.75) is 19.3 Å². The van der Waals surface area contributed by atoms with Crippen molar-refractivity contribution in [1.29, 1.82) is 0 Å². The van der Waals surface area contributed by atoms with E-state index in [2.05, 4.69) is 24.3 Å². The van der Waals surface area contributed by atoms with Gasteiger partial charge in [-0.1, -0.05) is 29.8 Å². The van der Waals surface area contributed by atoms with Crippen molar-refractivity contribution < 1.29 is 4.79 Å². The van der Waals surface area contributed by atoms with Crippen LogP contribution in [0.4, 0.5) is 4.79 Å². The molecule has 22 heavy (non-hydrogen) atoms. The number of aryl methyl sites for hydroxylation is 1. The smallest absolute Gasteiger partial charge is 0.317 e. The first kappa shape index (κ1) is 17.1. The van der Waals surface area contributed by atoms with E-state index in [1.807, 2.05) is 29.2 Å². The summed E-state index contributed by atoms with van der Waals surface area (Å²) in [6, 6.07) is 7.95. The van der Waals surface area contributed by atoms with Crippen molar-refractivity contribution >= 4 is 17.6 Å². The van der Waals surface area contributed by atoms with E-state index in [0.29, 0.717) is 12.5 Å². The van der Waals surface area contributed by atoms with Gasteiger partial charge in [0.15, 0.2) is 0 Å². The summed E-state index contributed by atoms with van der Waals surface area (Å²) in [6.07, 6.45) is 2.90. The van der Waals surface area contributed by atoms with Crippen LogP contribution in [0, 0.1) is 5.92 Å². The Balaban J connectivity index is 1.65. The molecule has 1 N–H and O–H groups in total. The van der Waals surface area contributed by atoms with Gasteiger partial charge in [0.25, 0.3) is 0 Å². The van der Waals surface area contributed by atoms with E-state index in [-0.39, 0.29) is 6.03 Å². The van der Waals surface area contributed by atoms with Crippen LogP contribution in [0.25, 0.3) is 0 Å². The lowest BCUT2D eigenvalue weighted by Gasteiger charge is -2.19. The molecule has 122 valence electrons. The van der Waals surface area contributed by atoms with Gasteiger partial charge >= 0.3 is 6.03 Å². The number of urea groups is 1. The molecule has 1 aliphatic rings. The first-order valence-corrected chi connectivity index (χ1v) is 8.35. The van der Waals surface area contributed by atoms with Crippen LogP contribution >= 0.6 is 11.6 Å². The molecule has 0 aromatic heterocycles. The van der Waals surface area contributed by atoms with Crippen LogP contribution in [0.15, 0.2) is 24.3 Å². The summed E-state index contributed by atoms with van der Waals surface area (Å²) in [6.45, 7) is 3.48. The van der Waals surface area contributed by atoms with Gasteiger partial charge in [-0.3, -0.25) is 0 Å². The summed E-state index contributed by atoms with van der Waals surface area (Å²) in [5, 5.41) is 3.82. The Hall–Kier alpha value is -1.26. The number of halogens is 1. The predicted octanol–water partition coefficient (Wildman–Crippen LogP) is 2.87. The first-order chi connectivity index (χ1) is 10.6. The molecule has 1 atom stereocenters. The quantitative estimate of drug-likeness (QED) is 0.817. The van der Waals surface area contributed by atoms with Crippen LogP contribution in [0.2, 0.25) is 5.02 Å². The molecule has 4 nitrogen and oxygen atoms in total. The number of benzene rings is 1. The van der Waals surface area contributed by atoms with Gasteiger partial charge in [0.1, 0.15) is 0 Å². The minimum atomic E-state index is 0.0698. The van der Waals surface area contributed by atoms with E-state index in [9.17, 15) is 4.79 Å². The molecule has 1 aromatic rings. The number of nitrogens with zero attached hydrogens (tertiary/aromatic N) is 2. The SMILES string of the molecule is CN(C)CC1CCN(C(=O)NCCCc2ccccc2Cl)C1. The van der Waals surface area contributed by atoms with Crippen LogP contribution in [-0.4, -0.2) is 56.1 Å². The molecule has 1 heterocycles. The van der Waals surface area contributed by atoms with E-state index >= 15 is 0 Å². The van der Waals surface area contributed by atoms with E-state index in [1.165, 1.54) is 0 Å². The third kappa shape index (κ3) is 5.18. The number of carbonyl (C=O) groups excluding carboxylic acids is 1. The third-order valence-corrected chi connectivity index (χ3v) is 4.42. The second-order valence-electron chi connectivity index (χ2n) is 6.29. The topological polar surface area (TPSA) is 35.6 Å². The summed E-state index contributed by atoms with van der Waals surface area (Å²) in [5.74, 6) is 0.601. The Labute approximate surface area is 138 Å². The maximum Gasteiger partial charge on any atom is 0.317 e. The number of rotatable bonds is 6. The van der Waals surface area contributed by atoms with E-state index in [1.54, 1.807) is 0 Å². The van der Waals surface area contributed by atoms with E-state index in [4.69, 9.17) is 11.6 Å². The Morgan fingerprint density at radius 3 is 2.91 bits per heavy atom. The molecule has 1 aromatic carbocycles. The molecule has 2 rings (SSSR count). The molecule has 1 saturated heterocycles. The van der Waals surface area contributed by atoms with Crippen LogP contribution in [0.1, 0.15) is 18.4 Å². The van der Waals surface area contributed by atoms with Gasteiger partial charge in [-0.05, 0) is 50.9 Å². The van der Waals surface area contributed by atoms with Gasteiger partial charge in [-0.25, -0.2) is 4.79 Å². The molecule has 0 spiro atoms. The van der Waals surface area contributed by atoms with Gasteiger partial charge in [0.2, 0.25) is 0 Å². The molecule has 0 aliphatic carbocycles. The Morgan fingerprint density at radius 1 is 1.41 bits per heavy atom. The highest BCUT2D eigenvalue weighted by atomic mass is 35.5. The Kier molecular flexibility index (Phi) is 6.52. The second-order valence-corrected chi connectivity index (χ2v) is 6.70. The minimum absolute atomic E-state index is 0.0698. The number of nitrogens with one attached hydrogen (secondary N) is 1. The Bertz CT molecular complexity index is 493. The molecule has 0 radical (unpaired) electrons.